The summed E-state index contributed by atoms with van der Waals surface area (Å²) in [5.74, 6) is -0.316. The Morgan fingerprint density at radius 3 is 2.73 bits per heavy atom. The minimum Gasteiger partial charge on any atom is -0.507 e. The number of phenols is 1. The van der Waals surface area contributed by atoms with E-state index in [9.17, 15) is 14.3 Å². The zero-order valence-corrected chi connectivity index (χ0v) is 15.2. The highest BCUT2D eigenvalue weighted by Gasteiger charge is 2.16. The van der Waals surface area contributed by atoms with Crippen LogP contribution in [-0.4, -0.2) is 16.6 Å². The number of pyridine rings is 1. The van der Waals surface area contributed by atoms with Gasteiger partial charge in [0.1, 0.15) is 16.3 Å². The average Bonchev–Trinajstić information content (AvgIpc) is 3.08. The van der Waals surface area contributed by atoms with Crippen molar-refractivity contribution in [2.75, 3.05) is 6.54 Å². The van der Waals surface area contributed by atoms with Crippen molar-refractivity contribution < 1.29 is 9.50 Å². The summed E-state index contributed by atoms with van der Waals surface area (Å²) in [4.78, 5) is 15.0. The highest BCUT2D eigenvalue weighted by molar-refractivity contribution is 7.17. The average molecular weight is 391 g/mol. The fourth-order valence-electron chi connectivity index (χ4n) is 3.19. The van der Waals surface area contributed by atoms with Crippen LogP contribution in [0.2, 0.25) is 0 Å². The normalized spacial score (nSPS) is 11.0. The van der Waals surface area contributed by atoms with E-state index in [2.05, 4.69) is 4.98 Å². The van der Waals surface area contributed by atoms with Gasteiger partial charge in [-0.1, -0.05) is 12.1 Å². The number of nitrogens with one attached hydrogen (secondary N) is 1. The van der Waals surface area contributed by atoms with Gasteiger partial charge in [-0.3, -0.25) is 4.79 Å². The second-order valence-electron chi connectivity index (χ2n) is 5.84. The van der Waals surface area contributed by atoms with Gasteiger partial charge in [-0.05, 0) is 53.7 Å². The molecule has 0 radical (unpaired) electrons. The number of H-pyrrole nitrogens is 1. The molecule has 0 aliphatic carbocycles. The number of hydrogen-bond acceptors (Lipinski definition) is 4. The van der Waals surface area contributed by atoms with E-state index in [4.69, 9.17) is 5.73 Å². The van der Waals surface area contributed by atoms with Crippen LogP contribution in [-0.2, 0) is 6.42 Å². The molecule has 0 saturated heterocycles. The molecule has 2 heterocycles. The van der Waals surface area contributed by atoms with Crippen LogP contribution in [0.15, 0.2) is 46.6 Å². The van der Waals surface area contributed by atoms with Gasteiger partial charge >= 0.3 is 0 Å². The minimum atomic E-state index is -0.356. The third kappa shape index (κ3) is 2.86. The van der Waals surface area contributed by atoms with Crippen molar-refractivity contribution in [2.24, 2.45) is 5.73 Å². The van der Waals surface area contributed by atoms with Gasteiger partial charge in [0.25, 0.3) is 5.56 Å². The van der Waals surface area contributed by atoms with Crippen LogP contribution in [0, 0.1) is 5.82 Å². The second kappa shape index (κ2) is 7.07. The molecule has 4 nitrogen and oxygen atoms in total. The summed E-state index contributed by atoms with van der Waals surface area (Å²) in [5, 5.41) is 13.8. The van der Waals surface area contributed by atoms with E-state index in [1.807, 2.05) is 11.4 Å². The first-order chi connectivity index (χ1) is 12.1. The number of rotatable bonds is 3. The van der Waals surface area contributed by atoms with E-state index >= 15 is 0 Å². The van der Waals surface area contributed by atoms with E-state index in [1.54, 1.807) is 18.2 Å². The van der Waals surface area contributed by atoms with Crippen LogP contribution in [0.4, 0.5) is 4.39 Å². The Hall–Kier alpha value is -2.41. The van der Waals surface area contributed by atoms with Crippen molar-refractivity contribution in [1.82, 2.24) is 4.98 Å². The van der Waals surface area contributed by atoms with Crippen molar-refractivity contribution in [3.8, 4) is 16.9 Å². The number of phenolic OH excluding ortho intramolecular Hbond substituents is 1. The second-order valence-corrected chi connectivity index (χ2v) is 6.76. The standard InChI is InChI=1S/C19H15FN2O2S.ClH/c20-13-9-11(2-1-10(13)5-7-21)16-15(23)4-3-14-17(16)12-6-8-25-18(12)19(24)22-14;/h1-4,6,8-9,23H,5,7,21H2,(H,22,24);1H. The number of halogens is 2. The number of hydrogen-bond donors (Lipinski definition) is 3. The molecule has 7 heteroatoms. The maximum atomic E-state index is 14.4. The highest BCUT2D eigenvalue weighted by atomic mass is 35.5. The molecule has 0 aliphatic rings. The van der Waals surface area contributed by atoms with E-state index in [-0.39, 0.29) is 29.5 Å². The predicted octanol–water partition coefficient (Wildman–Crippen LogP) is 4.18. The third-order valence-electron chi connectivity index (χ3n) is 4.33. The molecule has 0 fully saturated rings. The van der Waals surface area contributed by atoms with Crippen LogP contribution in [0.5, 0.6) is 5.75 Å². The molecule has 0 spiro atoms. The lowest BCUT2D eigenvalue weighted by atomic mass is 9.96. The Labute approximate surface area is 158 Å². The maximum Gasteiger partial charge on any atom is 0.266 e. The first-order valence-corrected chi connectivity index (χ1v) is 8.72. The smallest absolute Gasteiger partial charge is 0.266 e. The monoisotopic (exact) mass is 390 g/mol. The van der Waals surface area contributed by atoms with Crippen LogP contribution in [0.1, 0.15) is 5.56 Å². The van der Waals surface area contributed by atoms with Crippen molar-refractivity contribution in [2.45, 2.75) is 6.42 Å². The number of aromatic nitrogens is 1. The Kier molecular flexibility index (Phi) is 5.00. The summed E-state index contributed by atoms with van der Waals surface area (Å²) in [7, 11) is 0. The number of aromatic hydroxyl groups is 1. The molecule has 2 aromatic carbocycles. The Morgan fingerprint density at radius 2 is 2.00 bits per heavy atom. The Bertz CT molecular complexity index is 1170. The molecule has 0 atom stereocenters. The summed E-state index contributed by atoms with van der Waals surface area (Å²) in [5.41, 5.74) is 7.55. The van der Waals surface area contributed by atoms with Gasteiger partial charge in [-0.2, -0.15) is 0 Å². The summed E-state index contributed by atoms with van der Waals surface area (Å²) in [6.45, 7) is 0.368. The quantitative estimate of drug-likeness (QED) is 0.491. The molecule has 0 unspecified atom stereocenters. The van der Waals surface area contributed by atoms with Crippen molar-refractivity contribution in [1.29, 1.82) is 0 Å². The lowest BCUT2D eigenvalue weighted by Crippen LogP contribution is -2.05. The van der Waals surface area contributed by atoms with Gasteiger partial charge < -0.3 is 15.8 Å². The van der Waals surface area contributed by atoms with Crippen LogP contribution in [0.3, 0.4) is 0 Å². The molecule has 2 aromatic heterocycles. The number of fused-ring (bicyclic) bond motifs is 3. The predicted molar refractivity (Wildman–Crippen MR) is 107 cm³/mol. The van der Waals surface area contributed by atoms with Gasteiger partial charge in [0.2, 0.25) is 0 Å². The van der Waals surface area contributed by atoms with Crippen molar-refractivity contribution in [3.63, 3.8) is 0 Å². The topological polar surface area (TPSA) is 79.1 Å². The lowest BCUT2D eigenvalue weighted by Gasteiger charge is -2.12. The summed E-state index contributed by atoms with van der Waals surface area (Å²) in [6, 6.07) is 9.88. The van der Waals surface area contributed by atoms with E-state index in [1.165, 1.54) is 23.5 Å². The molecular weight excluding hydrogens is 375 g/mol. The Balaban J connectivity index is 0.00000196. The number of nitrogens with two attached hydrogens (primary N) is 1. The first kappa shape index (κ1) is 18.4. The highest BCUT2D eigenvalue weighted by Crippen LogP contribution is 2.40. The summed E-state index contributed by atoms with van der Waals surface area (Å²) >= 11 is 1.34. The number of benzene rings is 2. The Morgan fingerprint density at radius 1 is 1.19 bits per heavy atom. The van der Waals surface area contributed by atoms with Crippen molar-refractivity contribution in [3.05, 3.63) is 63.5 Å². The first-order valence-electron chi connectivity index (χ1n) is 7.84. The number of aromatic amines is 1. The minimum absolute atomic E-state index is 0. The van der Waals surface area contributed by atoms with E-state index in [0.717, 1.165) is 5.39 Å². The molecule has 0 bridgehead atoms. The van der Waals surface area contributed by atoms with Gasteiger partial charge in [0.15, 0.2) is 0 Å². The number of thiophene rings is 1. The molecule has 134 valence electrons. The van der Waals surface area contributed by atoms with E-state index < -0.39 is 0 Å². The largest absolute Gasteiger partial charge is 0.507 e. The molecule has 0 amide bonds. The van der Waals surface area contributed by atoms with Gasteiger partial charge in [0.05, 0.1) is 0 Å². The van der Waals surface area contributed by atoms with Crippen LogP contribution in [0.25, 0.3) is 32.1 Å². The molecule has 26 heavy (non-hydrogen) atoms. The fourth-order valence-corrected chi connectivity index (χ4v) is 3.99. The van der Waals surface area contributed by atoms with Gasteiger partial charge in [-0.25, -0.2) is 4.39 Å². The molecule has 4 rings (SSSR count). The molecular formula is C19H16ClFN2O2S. The van der Waals surface area contributed by atoms with Gasteiger partial charge in [-0.15, -0.1) is 23.7 Å². The molecule has 4 aromatic rings. The molecule has 0 aliphatic heterocycles. The third-order valence-corrected chi connectivity index (χ3v) is 5.24. The lowest BCUT2D eigenvalue weighted by molar-refractivity contribution is 0.478. The van der Waals surface area contributed by atoms with E-state index in [0.29, 0.717) is 45.3 Å². The SMILES string of the molecule is Cl.NCCc1ccc(-c2c(O)ccc3[nH]c(=O)c4sccc4c23)cc1F. The fraction of sp³-hybridized carbons (Fsp3) is 0.105. The molecule has 4 N–H and O–H groups in total. The van der Waals surface area contributed by atoms with Crippen molar-refractivity contribution >= 4 is 44.7 Å². The molecule has 0 saturated carbocycles. The zero-order valence-electron chi connectivity index (χ0n) is 13.6. The zero-order chi connectivity index (χ0) is 17.6. The van der Waals surface area contributed by atoms with Gasteiger partial charge in [0, 0.05) is 21.9 Å². The van der Waals surface area contributed by atoms with Crippen LogP contribution >= 0.6 is 23.7 Å². The summed E-state index contributed by atoms with van der Waals surface area (Å²) < 4.78 is 15.0. The summed E-state index contributed by atoms with van der Waals surface area (Å²) in [6.07, 6.45) is 0.454. The maximum absolute atomic E-state index is 14.4. The van der Waals surface area contributed by atoms with Crippen LogP contribution < -0.4 is 11.3 Å².